The van der Waals surface area contributed by atoms with E-state index in [-0.39, 0.29) is 11.8 Å². The lowest BCUT2D eigenvalue weighted by atomic mass is 10.3. The fourth-order valence-electron chi connectivity index (χ4n) is 0.738. The molecule has 0 heterocycles. The topological polar surface area (TPSA) is 61.4 Å². The van der Waals surface area contributed by atoms with Crippen LogP contribution in [0.25, 0.3) is 0 Å². The summed E-state index contributed by atoms with van der Waals surface area (Å²) in [4.78, 5) is 10.8. The predicted octanol–water partition coefficient (Wildman–Crippen LogP) is 2.17. The highest BCUT2D eigenvalue weighted by molar-refractivity contribution is 5.88. The summed E-state index contributed by atoms with van der Waals surface area (Å²) in [6, 6.07) is 5.96. The smallest absolute Gasteiger partial charge is 0.318 e. The van der Waals surface area contributed by atoms with Gasteiger partial charge in [-0.1, -0.05) is 13.8 Å². The quantitative estimate of drug-likeness (QED) is 0.603. The van der Waals surface area contributed by atoms with Crippen LogP contribution in [0.15, 0.2) is 24.3 Å². The Morgan fingerprint density at radius 1 is 1.21 bits per heavy atom. The second-order valence-corrected chi connectivity index (χ2v) is 2.25. The zero-order chi connectivity index (χ0) is 11.0. The van der Waals surface area contributed by atoms with Crippen LogP contribution in [0.3, 0.4) is 0 Å². The van der Waals surface area contributed by atoms with Crippen molar-refractivity contribution in [3.63, 3.8) is 0 Å². The average Bonchev–Trinajstić information content (AvgIpc) is 2.24. The van der Waals surface area contributed by atoms with E-state index in [2.05, 4.69) is 10.6 Å². The molecule has 0 unspecified atom stereocenters. The second-order valence-electron chi connectivity index (χ2n) is 2.25. The van der Waals surface area contributed by atoms with Gasteiger partial charge in [-0.15, -0.1) is 0 Å². The van der Waals surface area contributed by atoms with Crippen molar-refractivity contribution in [3.05, 3.63) is 24.3 Å². The Kier molecular flexibility index (Phi) is 5.94. The van der Waals surface area contributed by atoms with Gasteiger partial charge in [0.2, 0.25) is 0 Å². The number of benzene rings is 1. The second kappa shape index (κ2) is 6.77. The molecule has 0 radical (unpaired) electrons. The van der Waals surface area contributed by atoms with E-state index in [9.17, 15) is 4.79 Å². The number of amides is 2. The predicted molar refractivity (Wildman–Crippen MR) is 57.5 cm³/mol. The molecule has 0 aliphatic carbocycles. The number of urea groups is 1. The molecule has 1 rings (SSSR count). The van der Waals surface area contributed by atoms with Crippen molar-refractivity contribution in [2.45, 2.75) is 13.8 Å². The number of phenols is 1. The molecule has 0 saturated carbocycles. The van der Waals surface area contributed by atoms with Crippen LogP contribution in [0.1, 0.15) is 13.8 Å². The van der Waals surface area contributed by atoms with Gasteiger partial charge in [0.25, 0.3) is 0 Å². The number of hydrogen-bond acceptors (Lipinski definition) is 2. The number of nitrogens with one attached hydrogen (secondary N) is 2. The molecule has 3 N–H and O–H groups in total. The SMILES string of the molecule is CC.CNC(=O)Nc1ccc(O)cc1. The van der Waals surface area contributed by atoms with Gasteiger partial charge in [-0.05, 0) is 24.3 Å². The van der Waals surface area contributed by atoms with E-state index in [0.29, 0.717) is 5.69 Å². The lowest BCUT2D eigenvalue weighted by Gasteiger charge is -2.02. The Labute approximate surface area is 84.0 Å². The molecule has 78 valence electrons. The van der Waals surface area contributed by atoms with Gasteiger partial charge >= 0.3 is 6.03 Å². The van der Waals surface area contributed by atoms with E-state index in [0.717, 1.165) is 0 Å². The number of anilines is 1. The first-order chi connectivity index (χ1) is 6.72. The third kappa shape index (κ3) is 4.35. The van der Waals surface area contributed by atoms with Gasteiger partial charge in [-0.25, -0.2) is 4.79 Å². The average molecular weight is 196 g/mol. The van der Waals surface area contributed by atoms with E-state index in [4.69, 9.17) is 5.11 Å². The first-order valence-corrected chi connectivity index (χ1v) is 4.50. The van der Waals surface area contributed by atoms with E-state index in [1.807, 2.05) is 13.8 Å². The van der Waals surface area contributed by atoms with E-state index >= 15 is 0 Å². The number of aromatic hydroxyl groups is 1. The minimum absolute atomic E-state index is 0.178. The Morgan fingerprint density at radius 2 is 1.71 bits per heavy atom. The minimum atomic E-state index is -0.277. The molecule has 0 aliphatic rings. The third-order valence-electron chi connectivity index (χ3n) is 1.35. The van der Waals surface area contributed by atoms with Crippen molar-refractivity contribution >= 4 is 11.7 Å². The highest BCUT2D eigenvalue weighted by Crippen LogP contribution is 2.13. The van der Waals surface area contributed by atoms with Crippen molar-refractivity contribution in [2.24, 2.45) is 0 Å². The molecule has 0 bridgehead atoms. The normalized spacial score (nSPS) is 8.21. The van der Waals surface area contributed by atoms with Gasteiger partial charge in [0.15, 0.2) is 0 Å². The highest BCUT2D eigenvalue weighted by Gasteiger charge is 1.96. The zero-order valence-corrected chi connectivity index (χ0v) is 8.66. The maximum atomic E-state index is 10.8. The molecule has 0 atom stereocenters. The summed E-state index contributed by atoms with van der Waals surface area (Å²) in [5.74, 6) is 0.178. The monoisotopic (exact) mass is 196 g/mol. The lowest BCUT2D eigenvalue weighted by Crippen LogP contribution is -2.24. The number of carbonyl (C=O) groups is 1. The van der Waals surface area contributed by atoms with Crippen LogP contribution in [0.4, 0.5) is 10.5 Å². The first kappa shape index (κ1) is 12.3. The molecule has 0 spiro atoms. The summed E-state index contributed by atoms with van der Waals surface area (Å²) in [5, 5.41) is 13.9. The van der Waals surface area contributed by atoms with Crippen LogP contribution >= 0.6 is 0 Å². The number of carbonyl (C=O) groups excluding carboxylic acids is 1. The standard InChI is InChI=1S/C8H10N2O2.C2H6/c1-9-8(12)10-6-2-4-7(11)5-3-6;1-2/h2-5,11H,1H3,(H2,9,10,12);1-2H3. The molecular formula is C10H16N2O2. The molecular weight excluding hydrogens is 180 g/mol. The molecule has 1 aromatic rings. The van der Waals surface area contributed by atoms with Crippen LogP contribution < -0.4 is 10.6 Å². The van der Waals surface area contributed by atoms with Crippen molar-refractivity contribution in [2.75, 3.05) is 12.4 Å². The first-order valence-electron chi connectivity index (χ1n) is 4.50. The summed E-state index contributed by atoms with van der Waals surface area (Å²) in [6.45, 7) is 4.00. The van der Waals surface area contributed by atoms with E-state index in [1.165, 1.54) is 19.2 Å². The molecule has 2 amide bonds. The molecule has 14 heavy (non-hydrogen) atoms. The summed E-state index contributed by atoms with van der Waals surface area (Å²) in [7, 11) is 1.54. The van der Waals surface area contributed by atoms with Gasteiger partial charge in [-0.2, -0.15) is 0 Å². The van der Waals surface area contributed by atoms with Crippen LogP contribution in [-0.4, -0.2) is 18.2 Å². The number of hydrogen-bond donors (Lipinski definition) is 3. The summed E-state index contributed by atoms with van der Waals surface area (Å²) < 4.78 is 0. The maximum Gasteiger partial charge on any atom is 0.318 e. The highest BCUT2D eigenvalue weighted by atomic mass is 16.3. The Morgan fingerprint density at radius 3 is 2.14 bits per heavy atom. The van der Waals surface area contributed by atoms with Crippen molar-refractivity contribution in [1.29, 1.82) is 0 Å². The fraction of sp³-hybridized carbons (Fsp3) is 0.300. The van der Waals surface area contributed by atoms with E-state index in [1.54, 1.807) is 12.1 Å². The fourth-order valence-corrected chi connectivity index (χ4v) is 0.738. The molecule has 4 heteroatoms. The maximum absolute atomic E-state index is 10.8. The molecule has 0 fully saturated rings. The number of rotatable bonds is 1. The minimum Gasteiger partial charge on any atom is -0.508 e. The van der Waals surface area contributed by atoms with Gasteiger partial charge in [0, 0.05) is 12.7 Å². The van der Waals surface area contributed by atoms with E-state index < -0.39 is 0 Å². The largest absolute Gasteiger partial charge is 0.508 e. The molecule has 0 aliphatic heterocycles. The van der Waals surface area contributed by atoms with Crippen molar-refractivity contribution in [1.82, 2.24) is 5.32 Å². The van der Waals surface area contributed by atoms with Crippen LogP contribution in [0, 0.1) is 0 Å². The third-order valence-corrected chi connectivity index (χ3v) is 1.35. The Bertz CT molecular complexity index is 270. The molecule has 0 aromatic heterocycles. The summed E-state index contributed by atoms with van der Waals surface area (Å²) in [5.41, 5.74) is 0.646. The van der Waals surface area contributed by atoms with Crippen LogP contribution in [-0.2, 0) is 0 Å². The summed E-state index contributed by atoms with van der Waals surface area (Å²) >= 11 is 0. The number of phenolic OH excluding ortho intramolecular Hbond substituents is 1. The van der Waals surface area contributed by atoms with Crippen molar-refractivity contribution < 1.29 is 9.90 Å². The van der Waals surface area contributed by atoms with Crippen molar-refractivity contribution in [3.8, 4) is 5.75 Å². The van der Waals surface area contributed by atoms with Gasteiger partial charge in [0.05, 0.1) is 0 Å². The Balaban J connectivity index is 0.000000791. The zero-order valence-electron chi connectivity index (χ0n) is 8.66. The van der Waals surface area contributed by atoms with Gasteiger partial charge < -0.3 is 15.7 Å². The van der Waals surface area contributed by atoms with Crippen LogP contribution in [0.2, 0.25) is 0 Å². The summed E-state index contributed by atoms with van der Waals surface area (Å²) in [6.07, 6.45) is 0. The molecule has 1 aromatic carbocycles. The van der Waals surface area contributed by atoms with Gasteiger partial charge in [-0.3, -0.25) is 0 Å². The molecule has 4 nitrogen and oxygen atoms in total. The molecule has 0 saturated heterocycles. The van der Waals surface area contributed by atoms with Crippen LogP contribution in [0.5, 0.6) is 5.75 Å². The lowest BCUT2D eigenvalue weighted by molar-refractivity contribution is 0.254. The van der Waals surface area contributed by atoms with Gasteiger partial charge in [0.1, 0.15) is 5.75 Å². The Hall–Kier alpha value is -1.71.